The quantitative estimate of drug-likeness (QED) is 0.650. The maximum Gasteiger partial charge on any atom is 0.109 e. The maximum atomic E-state index is 9.48. The Bertz CT molecular complexity index is 287. The highest BCUT2D eigenvalue weighted by Gasteiger charge is 2.42. The first kappa shape index (κ1) is 16.5. The Morgan fingerprint density at radius 1 is 1.47 bits per heavy atom. The lowest BCUT2D eigenvalue weighted by molar-refractivity contribution is 0.0847. The lowest BCUT2D eigenvalue weighted by Gasteiger charge is -2.29. The molecule has 0 bridgehead atoms. The first-order valence-electron chi connectivity index (χ1n) is 7.92. The maximum absolute atomic E-state index is 9.48. The first-order chi connectivity index (χ1) is 9.18. The number of nitrogens with zero attached hydrogens (tertiary/aromatic N) is 1. The van der Waals surface area contributed by atoms with Gasteiger partial charge in [-0.25, -0.2) is 0 Å². The summed E-state index contributed by atoms with van der Waals surface area (Å²) in [5.41, 5.74) is -0.285. The van der Waals surface area contributed by atoms with Crippen molar-refractivity contribution in [3.63, 3.8) is 0 Å². The zero-order valence-electron chi connectivity index (χ0n) is 12.9. The summed E-state index contributed by atoms with van der Waals surface area (Å²) in [6.07, 6.45) is 6.80. The molecule has 0 saturated heterocycles. The van der Waals surface area contributed by atoms with Crippen molar-refractivity contribution in [3.8, 4) is 6.07 Å². The van der Waals surface area contributed by atoms with Crippen molar-refractivity contribution in [1.29, 1.82) is 5.26 Å². The molecule has 0 aliphatic heterocycles. The Morgan fingerprint density at radius 2 is 2.26 bits per heavy atom. The highest BCUT2D eigenvalue weighted by molar-refractivity contribution is 5.13. The average molecular weight is 266 g/mol. The van der Waals surface area contributed by atoms with Gasteiger partial charge in [-0.05, 0) is 44.1 Å². The zero-order valence-corrected chi connectivity index (χ0v) is 12.9. The summed E-state index contributed by atoms with van der Waals surface area (Å²) in [6, 6.07) is 2.53. The fourth-order valence-corrected chi connectivity index (χ4v) is 3.29. The highest BCUT2D eigenvalue weighted by Crippen LogP contribution is 2.37. The van der Waals surface area contributed by atoms with Crippen LogP contribution in [0.4, 0.5) is 0 Å². The van der Waals surface area contributed by atoms with E-state index < -0.39 is 0 Å². The molecule has 0 amide bonds. The Hall–Kier alpha value is -0.590. The summed E-state index contributed by atoms with van der Waals surface area (Å²) >= 11 is 0. The molecule has 3 unspecified atom stereocenters. The second-order valence-corrected chi connectivity index (χ2v) is 5.96. The van der Waals surface area contributed by atoms with Crippen LogP contribution in [0.2, 0.25) is 0 Å². The topological polar surface area (TPSA) is 45.0 Å². The van der Waals surface area contributed by atoms with Gasteiger partial charge in [-0.2, -0.15) is 5.26 Å². The van der Waals surface area contributed by atoms with Crippen LogP contribution in [0, 0.1) is 23.2 Å². The SMILES string of the molecule is CCCC(C)COCCC1CCCC1(C#N)NCC. The van der Waals surface area contributed by atoms with E-state index >= 15 is 0 Å². The second kappa shape index (κ2) is 8.55. The van der Waals surface area contributed by atoms with Crippen molar-refractivity contribution < 1.29 is 4.74 Å². The van der Waals surface area contributed by atoms with Crippen LogP contribution in [0.1, 0.15) is 59.3 Å². The lowest BCUT2D eigenvalue weighted by atomic mass is 9.86. The van der Waals surface area contributed by atoms with Gasteiger partial charge in [-0.1, -0.05) is 33.6 Å². The number of hydrogen-bond acceptors (Lipinski definition) is 3. The van der Waals surface area contributed by atoms with E-state index in [4.69, 9.17) is 4.74 Å². The normalized spacial score (nSPS) is 28.2. The summed E-state index contributed by atoms with van der Waals surface area (Å²) < 4.78 is 5.79. The minimum absolute atomic E-state index is 0.285. The second-order valence-electron chi connectivity index (χ2n) is 5.96. The smallest absolute Gasteiger partial charge is 0.109 e. The Morgan fingerprint density at radius 3 is 2.89 bits per heavy atom. The molecule has 0 spiro atoms. The highest BCUT2D eigenvalue weighted by atomic mass is 16.5. The molecular formula is C16H30N2O. The molecule has 3 nitrogen and oxygen atoms in total. The molecule has 0 aromatic heterocycles. The van der Waals surface area contributed by atoms with E-state index in [9.17, 15) is 5.26 Å². The third-order valence-electron chi connectivity index (χ3n) is 4.31. The zero-order chi connectivity index (χ0) is 14.1. The molecule has 19 heavy (non-hydrogen) atoms. The third kappa shape index (κ3) is 4.78. The Kier molecular flexibility index (Phi) is 7.41. The predicted molar refractivity (Wildman–Crippen MR) is 78.9 cm³/mol. The van der Waals surface area contributed by atoms with Gasteiger partial charge in [0.05, 0.1) is 6.07 Å². The Balaban J connectivity index is 2.30. The predicted octanol–water partition coefficient (Wildman–Crippen LogP) is 3.50. The summed E-state index contributed by atoms with van der Waals surface area (Å²) in [6.45, 7) is 9.08. The molecule has 0 aromatic carbocycles. The van der Waals surface area contributed by atoms with Gasteiger partial charge in [0.2, 0.25) is 0 Å². The molecule has 3 heteroatoms. The van der Waals surface area contributed by atoms with Gasteiger partial charge in [0.15, 0.2) is 0 Å². The molecule has 110 valence electrons. The van der Waals surface area contributed by atoms with Crippen molar-refractivity contribution >= 4 is 0 Å². The van der Waals surface area contributed by atoms with Gasteiger partial charge in [-0.3, -0.25) is 5.32 Å². The standard InChI is InChI=1S/C16H30N2O/c1-4-7-14(3)12-19-11-9-15-8-6-10-16(15,13-17)18-5-2/h14-15,18H,4-12H2,1-3H3. The molecular weight excluding hydrogens is 236 g/mol. The molecule has 3 atom stereocenters. The van der Waals surface area contributed by atoms with Crippen molar-refractivity contribution in [2.75, 3.05) is 19.8 Å². The average Bonchev–Trinajstić information content (AvgIpc) is 2.79. The summed E-state index contributed by atoms with van der Waals surface area (Å²) in [5, 5.41) is 12.9. The summed E-state index contributed by atoms with van der Waals surface area (Å²) in [4.78, 5) is 0. The summed E-state index contributed by atoms with van der Waals surface area (Å²) in [5.74, 6) is 1.11. The van der Waals surface area contributed by atoms with Crippen LogP contribution in [-0.2, 0) is 4.74 Å². The number of nitrogens with one attached hydrogen (secondary N) is 1. The molecule has 1 aliphatic rings. The van der Waals surface area contributed by atoms with E-state index in [0.29, 0.717) is 11.8 Å². The summed E-state index contributed by atoms with van der Waals surface area (Å²) in [7, 11) is 0. The van der Waals surface area contributed by atoms with Gasteiger partial charge in [0.1, 0.15) is 5.54 Å². The van der Waals surface area contributed by atoms with Crippen LogP contribution < -0.4 is 5.32 Å². The van der Waals surface area contributed by atoms with Crippen LogP contribution in [0.5, 0.6) is 0 Å². The van der Waals surface area contributed by atoms with E-state index in [-0.39, 0.29) is 5.54 Å². The van der Waals surface area contributed by atoms with Gasteiger partial charge in [0, 0.05) is 13.2 Å². The molecule has 1 saturated carbocycles. The molecule has 0 aromatic rings. The monoisotopic (exact) mass is 266 g/mol. The minimum Gasteiger partial charge on any atom is -0.381 e. The van der Waals surface area contributed by atoms with E-state index in [1.54, 1.807) is 0 Å². The molecule has 1 aliphatic carbocycles. The molecule has 0 radical (unpaired) electrons. The van der Waals surface area contributed by atoms with E-state index in [2.05, 4.69) is 32.2 Å². The fourth-order valence-electron chi connectivity index (χ4n) is 3.29. The molecule has 1 fully saturated rings. The third-order valence-corrected chi connectivity index (χ3v) is 4.31. The van der Waals surface area contributed by atoms with Crippen molar-refractivity contribution in [3.05, 3.63) is 0 Å². The number of hydrogen-bond donors (Lipinski definition) is 1. The van der Waals surface area contributed by atoms with Crippen LogP contribution >= 0.6 is 0 Å². The number of ether oxygens (including phenoxy) is 1. The van der Waals surface area contributed by atoms with Crippen LogP contribution in [0.3, 0.4) is 0 Å². The largest absolute Gasteiger partial charge is 0.381 e. The van der Waals surface area contributed by atoms with Crippen LogP contribution in [-0.4, -0.2) is 25.3 Å². The fraction of sp³-hybridized carbons (Fsp3) is 0.938. The van der Waals surface area contributed by atoms with Gasteiger partial charge >= 0.3 is 0 Å². The van der Waals surface area contributed by atoms with Crippen molar-refractivity contribution in [2.24, 2.45) is 11.8 Å². The molecule has 0 heterocycles. The van der Waals surface area contributed by atoms with E-state index in [1.807, 2.05) is 0 Å². The van der Waals surface area contributed by atoms with Crippen LogP contribution in [0.25, 0.3) is 0 Å². The van der Waals surface area contributed by atoms with Crippen LogP contribution in [0.15, 0.2) is 0 Å². The minimum atomic E-state index is -0.285. The van der Waals surface area contributed by atoms with E-state index in [0.717, 1.165) is 45.4 Å². The lowest BCUT2D eigenvalue weighted by Crippen LogP contribution is -2.47. The van der Waals surface area contributed by atoms with Gasteiger partial charge in [0.25, 0.3) is 0 Å². The molecule has 1 rings (SSSR count). The Labute approximate surface area is 118 Å². The molecule has 1 N–H and O–H groups in total. The number of rotatable bonds is 9. The number of nitriles is 1. The van der Waals surface area contributed by atoms with E-state index in [1.165, 1.54) is 12.8 Å². The van der Waals surface area contributed by atoms with Crippen molar-refractivity contribution in [1.82, 2.24) is 5.32 Å². The van der Waals surface area contributed by atoms with Gasteiger partial charge in [-0.15, -0.1) is 0 Å². The van der Waals surface area contributed by atoms with Crippen molar-refractivity contribution in [2.45, 2.75) is 64.8 Å². The first-order valence-corrected chi connectivity index (χ1v) is 7.92. The van der Waals surface area contributed by atoms with Gasteiger partial charge < -0.3 is 4.74 Å².